The summed E-state index contributed by atoms with van der Waals surface area (Å²) < 4.78 is 5.28. The molecule has 1 aromatic heterocycles. The first-order chi connectivity index (χ1) is 13.2. The topological polar surface area (TPSA) is 50.3 Å². The molecule has 1 unspecified atom stereocenters. The highest BCUT2D eigenvalue weighted by atomic mass is 16.5. The number of hydrogen-bond donors (Lipinski definition) is 1. The number of aromatic nitrogens is 2. The molecule has 4 rings (SSSR count). The summed E-state index contributed by atoms with van der Waals surface area (Å²) in [4.78, 5) is 11.2. The Hall–Kier alpha value is -3.08. The van der Waals surface area contributed by atoms with E-state index in [2.05, 4.69) is 63.5 Å². The Morgan fingerprint density at radius 3 is 2.89 bits per heavy atom. The molecular weight excluding hydrogens is 336 g/mol. The number of ether oxygens (including phenoxy) is 1. The van der Waals surface area contributed by atoms with Crippen molar-refractivity contribution in [3.05, 3.63) is 72.1 Å². The summed E-state index contributed by atoms with van der Waals surface area (Å²) in [6.45, 7) is 3.04. The van der Waals surface area contributed by atoms with Crippen molar-refractivity contribution in [2.75, 3.05) is 23.9 Å². The third-order valence-electron chi connectivity index (χ3n) is 4.96. The molecule has 0 radical (unpaired) electrons. The summed E-state index contributed by atoms with van der Waals surface area (Å²) >= 11 is 0. The SMILES string of the molecule is COc1cccc(CCNc2cc(N3c4ccccc4CC3C)ncn2)c1. The lowest BCUT2D eigenvalue weighted by Crippen LogP contribution is -2.25. The number of hydrogen-bond acceptors (Lipinski definition) is 5. The maximum absolute atomic E-state index is 5.28. The van der Waals surface area contributed by atoms with Crippen LogP contribution in [0.5, 0.6) is 5.75 Å². The van der Waals surface area contributed by atoms with E-state index in [1.807, 2.05) is 18.2 Å². The second-order valence-electron chi connectivity index (χ2n) is 6.84. The smallest absolute Gasteiger partial charge is 0.138 e. The molecule has 0 saturated carbocycles. The van der Waals surface area contributed by atoms with E-state index < -0.39 is 0 Å². The molecule has 2 aromatic carbocycles. The van der Waals surface area contributed by atoms with Gasteiger partial charge in [-0.25, -0.2) is 9.97 Å². The van der Waals surface area contributed by atoms with Gasteiger partial charge >= 0.3 is 0 Å². The Morgan fingerprint density at radius 1 is 1.11 bits per heavy atom. The lowest BCUT2D eigenvalue weighted by atomic mass is 10.1. The highest BCUT2D eigenvalue weighted by Crippen LogP contribution is 2.37. The molecule has 0 bridgehead atoms. The van der Waals surface area contributed by atoms with Crippen molar-refractivity contribution in [1.82, 2.24) is 9.97 Å². The van der Waals surface area contributed by atoms with E-state index in [1.165, 1.54) is 16.8 Å². The molecule has 27 heavy (non-hydrogen) atoms. The van der Waals surface area contributed by atoms with Crippen LogP contribution >= 0.6 is 0 Å². The quantitative estimate of drug-likeness (QED) is 0.713. The minimum Gasteiger partial charge on any atom is -0.497 e. The molecule has 1 aliphatic heterocycles. The maximum atomic E-state index is 5.28. The molecular formula is C22H24N4O. The first-order valence-electron chi connectivity index (χ1n) is 9.30. The molecule has 3 aromatic rings. The number of para-hydroxylation sites is 1. The summed E-state index contributed by atoms with van der Waals surface area (Å²) in [5, 5.41) is 3.41. The van der Waals surface area contributed by atoms with Crippen molar-refractivity contribution in [2.45, 2.75) is 25.8 Å². The Balaban J connectivity index is 1.45. The highest BCUT2D eigenvalue weighted by Gasteiger charge is 2.27. The van der Waals surface area contributed by atoms with Gasteiger partial charge in [0.25, 0.3) is 0 Å². The summed E-state index contributed by atoms with van der Waals surface area (Å²) in [6.07, 6.45) is 3.58. The van der Waals surface area contributed by atoms with Gasteiger partial charge in [0.1, 0.15) is 23.7 Å². The zero-order valence-corrected chi connectivity index (χ0v) is 15.7. The fourth-order valence-corrected chi connectivity index (χ4v) is 3.65. The van der Waals surface area contributed by atoms with E-state index in [-0.39, 0.29) is 0 Å². The molecule has 138 valence electrons. The van der Waals surface area contributed by atoms with Crippen LogP contribution in [0.3, 0.4) is 0 Å². The van der Waals surface area contributed by atoms with Gasteiger partial charge in [0.05, 0.1) is 7.11 Å². The van der Waals surface area contributed by atoms with Crippen LogP contribution in [0.25, 0.3) is 0 Å². The van der Waals surface area contributed by atoms with Gasteiger partial charge in [0, 0.05) is 24.3 Å². The number of fused-ring (bicyclic) bond motifs is 1. The highest BCUT2D eigenvalue weighted by molar-refractivity contribution is 5.69. The molecule has 1 aliphatic rings. The van der Waals surface area contributed by atoms with Gasteiger partial charge in [-0.1, -0.05) is 30.3 Å². The molecule has 0 fully saturated rings. The van der Waals surface area contributed by atoms with E-state index in [9.17, 15) is 0 Å². The van der Waals surface area contributed by atoms with Crippen LogP contribution in [-0.2, 0) is 12.8 Å². The Kier molecular flexibility index (Phi) is 4.92. The monoisotopic (exact) mass is 360 g/mol. The number of rotatable bonds is 6. The number of benzene rings is 2. The van der Waals surface area contributed by atoms with Gasteiger partial charge in [-0.15, -0.1) is 0 Å². The molecule has 0 amide bonds. The number of methoxy groups -OCH3 is 1. The van der Waals surface area contributed by atoms with Crippen LogP contribution in [0.4, 0.5) is 17.3 Å². The molecule has 5 heteroatoms. The first-order valence-corrected chi connectivity index (χ1v) is 9.30. The molecule has 1 N–H and O–H groups in total. The minimum absolute atomic E-state index is 0.391. The van der Waals surface area contributed by atoms with Crippen LogP contribution in [0, 0.1) is 0 Å². The number of anilines is 3. The third-order valence-corrected chi connectivity index (χ3v) is 4.96. The van der Waals surface area contributed by atoms with E-state index in [0.29, 0.717) is 6.04 Å². The van der Waals surface area contributed by atoms with Gasteiger partial charge in [0.2, 0.25) is 0 Å². The second kappa shape index (κ2) is 7.66. The fraction of sp³-hybridized carbons (Fsp3) is 0.273. The molecule has 1 atom stereocenters. The Bertz CT molecular complexity index is 927. The van der Waals surface area contributed by atoms with Crippen molar-refractivity contribution >= 4 is 17.3 Å². The van der Waals surface area contributed by atoms with E-state index >= 15 is 0 Å². The average molecular weight is 360 g/mol. The molecule has 2 heterocycles. The lowest BCUT2D eigenvalue weighted by molar-refractivity contribution is 0.414. The summed E-state index contributed by atoms with van der Waals surface area (Å²) in [5.74, 6) is 2.67. The van der Waals surface area contributed by atoms with Gasteiger partial charge in [-0.3, -0.25) is 0 Å². The molecule has 0 spiro atoms. The lowest BCUT2D eigenvalue weighted by Gasteiger charge is -2.24. The second-order valence-corrected chi connectivity index (χ2v) is 6.84. The zero-order chi connectivity index (χ0) is 18.6. The van der Waals surface area contributed by atoms with Crippen molar-refractivity contribution in [3.63, 3.8) is 0 Å². The standard InChI is InChI=1S/C22H24N4O/c1-16-12-18-7-3-4-9-20(18)26(16)22-14-21(24-15-25-22)23-11-10-17-6-5-8-19(13-17)27-2/h3-9,13-16H,10-12H2,1-2H3,(H,23,24,25). The van der Waals surface area contributed by atoms with Crippen LogP contribution in [-0.4, -0.2) is 29.7 Å². The van der Waals surface area contributed by atoms with Gasteiger partial charge in [0.15, 0.2) is 0 Å². The first kappa shape index (κ1) is 17.3. The maximum Gasteiger partial charge on any atom is 0.138 e. The minimum atomic E-state index is 0.391. The van der Waals surface area contributed by atoms with Crippen molar-refractivity contribution in [1.29, 1.82) is 0 Å². The summed E-state index contributed by atoms with van der Waals surface area (Å²) in [6, 6.07) is 19.1. The van der Waals surface area contributed by atoms with Gasteiger partial charge < -0.3 is 15.0 Å². The van der Waals surface area contributed by atoms with Crippen LogP contribution in [0.1, 0.15) is 18.1 Å². The van der Waals surface area contributed by atoms with Gasteiger partial charge in [-0.2, -0.15) is 0 Å². The van der Waals surface area contributed by atoms with E-state index in [1.54, 1.807) is 13.4 Å². The summed E-state index contributed by atoms with van der Waals surface area (Å²) in [5.41, 5.74) is 3.85. The van der Waals surface area contributed by atoms with Crippen LogP contribution in [0.2, 0.25) is 0 Å². The van der Waals surface area contributed by atoms with E-state index in [0.717, 1.165) is 36.8 Å². The fourth-order valence-electron chi connectivity index (χ4n) is 3.65. The van der Waals surface area contributed by atoms with E-state index in [4.69, 9.17) is 4.74 Å². The Labute approximate surface area is 160 Å². The Morgan fingerprint density at radius 2 is 2.00 bits per heavy atom. The summed E-state index contributed by atoms with van der Waals surface area (Å²) in [7, 11) is 1.69. The van der Waals surface area contributed by atoms with Crippen molar-refractivity contribution in [3.8, 4) is 5.75 Å². The molecule has 0 saturated heterocycles. The third kappa shape index (κ3) is 3.72. The van der Waals surface area contributed by atoms with Crippen LogP contribution in [0.15, 0.2) is 60.9 Å². The van der Waals surface area contributed by atoms with Crippen molar-refractivity contribution < 1.29 is 4.74 Å². The predicted octanol–water partition coefficient (Wildman–Crippen LogP) is 4.22. The number of nitrogens with zero attached hydrogens (tertiary/aromatic N) is 3. The predicted molar refractivity (Wildman–Crippen MR) is 109 cm³/mol. The van der Waals surface area contributed by atoms with Crippen LogP contribution < -0.4 is 15.0 Å². The number of nitrogens with one attached hydrogen (secondary N) is 1. The normalized spacial score (nSPS) is 15.5. The zero-order valence-electron chi connectivity index (χ0n) is 15.7. The largest absolute Gasteiger partial charge is 0.497 e. The molecule has 0 aliphatic carbocycles. The molecule has 5 nitrogen and oxygen atoms in total. The van der Waals surface area contributed by atoms with Gasteiger partial charge in [-0.05, 0) is 49.1 Å². The average Bonchev–Trinajstić information content (AvgIpc) is 3.04. The van der Waals surface area contributed by atoms with Crippen molar-refractivity contribution in [2.24, 2.45) is 0 Å².